The molecule has 2 aromatic rings. The molecule has 2 heterocycles. The topological polar surface area (TPSA) is 48.0 Å². The van der Waals surface area contributed by atoms with E-state index in [2.05, 4.69) is 37.0 Å². The smallest absolute Gasteiger partial charge is 0.282 e. The molecule has 15 heavy (non-hydrogen) atoms. The molecule has 0 bridgehead atoms. The van der Waals surface area contributed by atoms with Crippen molar-refractivity contribution in [3.8, 4) is 0 Å². The van der Waals surface area contributed by atoms with Gasteiger partial charge in [0.1, 0.15) is 4.47 Å². The van der Waals surface area contributed by atoms with Crippen LogP contribution in [0.3, 0.4) is 0 Å². The maximum atomic E-state index is 11.7. The molecule has 2 rings (SSSR count). The van der Waals surface area contributed by atoms with Crippen molar-refractivity contribution in [1.29, 1.82) is 0 Å². The standard InChI is InChI=1S/C9H6Br2N2O2/c10-7-3-12-13(9(14)8(7)11)4-6-1-2-15-5-6/h1-3,5H,4H2. The summed E-state index contributed by atoms with van der Waals surface area (Å²) >= 11 is 6.41. The van der Waals surface area contributed by atoms with Gasteiger partial charge in [0.2, 0.25) is 0 Å². The van der Waals surface area contributed by atoms with Crippen LogP contribution in [0.2, 0.25) is 0 Å². The van der Waals surface area contributed by atoms with Crippen molar-refractivity contribution in [2.45, 2.75) is 6.54 Å². The molecule has 0 amide bonds. The van der Waals surface area contributed by atoms with Crippen LogP contribution in [-0.4, -0.2) is 9.78 Å². The van der Waals surface area contributed by atoms with E-state index in [-0.39, 0.29) is 5.56 Å². The molecule has 2 aromatic heterocycles. The summed E-state index contributed by atoms with van der Waals surface area (Å²) in [6.07, 6.45) is 4.73. The zero-order valence-electron chi connectivity index (χ0n) is 7.48. The molecule has 0 aliphatic carbocycles. The molecular weight excluding hydrogens is 328 g/mol. The summed E-state index contributed by atoms with van der Waals surface area (Å²) in [6.45, 7) is 0.404. The van der Waals surface area contributed by atoms with Gasteiger partial charge in [-0.1, -0.05) is 0 Å². The predicted octanol–water partition coefficient (Wildman–Crippen LogP) is 2.41. The zero-order chi connectivity index (χ0) is 10.8. The van der Waals surface area contributed by atoms with Crippen LogP contribution in [0.15, 0.2) is 42.9 Å². The van der Waals surface area contributed by atoms with Crippen molar-refractivity contribution < 1.29 is 4.42 Å². The molecule has 4 nitrogen and oxygen atoms in total. The molecule has 0 aromatic carbocycles. The van der Waals surface area contributed by atoms with Gasteiger partial charge in [-0.25, -0.2) is 4.68 Å². The predicted molar refractivity (Wildman–Crippen MR) is 61.7 cm³/mol. The maximum absolute atomic E-state index is 11.7. The van der Waals surface area contributed by atoms with E-state index in [9.17, 15) is 4.79 Å². The van der Waals surface area contributed by atoms with Crippen LogP contribution < -0.4 is 5.56 Å². The van der Waals surface area contributed by atoms with Crippen molar-refractivity contribution in [1.82, 2.24) is 9.78 Å². The van der Waals surface area contributed by atoms with Crippen LogP contribution in [0, 0.1) is 0 Å². The Balaban J connectivity index is 2.38. The van der Waals surface area contributed by atoms with Gasteiger partial charge >= 0.3 is 0 Å². The number of furan rings is 1. The highest BCUT2D eigenvalue weighted by Gasteiger charge is 2.07. The quantitative estimate of drug-likeness (QED) is 0.848. The first-order chi connectivity index (χ1) is 7.18. The fraction of sp³-hybridized carbons (Fsp3) is 0.111. The van der Waals surface area contributed by atoms with Gasteiger partial charge in [-0.3, -0.25) is 4.79 Å². The summed E-state index contributed by atoms with van der Waals surface area (Å²) < 4.78 is 7.40. The molecule has 6 heteroatoms. The van der Waals surface area contributed by atoms with E-state index in [0.29, 0.717) is 15.5 Å². The first-order valence-electron chi connectivity index (χ1n) is 4.10. The number of nitrogens with zero attached hydrogens (tertiary/aromatic N) is 2. The minimum atomic E-state index is -0.175. The Hall–Kier alpha value is -0.880. The molecule has 0 atom stereocenters. The summed E-state index contributed by atoms with van der Waals surface area (Å²) in [6, 6.07) is 1.80. The lowest BCUT2D eigenvalue weighted by Crippen LogP contribution is -2.23. The normalized spacial score (nSPS) is 10.5. The number of halogens is 2. The molecule has 0 saturated carbocycles. The summed E-state index contributed by atoms with van der Waals surface area (Å²) in [5, 5.41) is 4.00. The molecule has 78 valence electrons. The van der Waals surface area contributed by atoms with Crippen LogP contribution in [0.4, 0.5) is 0 Å². The highest BCUT2D eigenvalue weighted by molar-refractivity contribution is 9.13. The second-order valence-electron chi connectivity index (χ2n) is 2.90. The van der Waals surface area contributed by atoms with E-state index in [1.54, 1.807) is 24.8 Å². The Morgan fingerprint density at radius 3 is 2.93 bits per heavy atom. The monoisotopic (exact) mass is 332 g/mol. The van der Waals surface area contributed by atoms with E-state index in [4.69, 9.17) is 4.42 Å². The van der Waals surface area contributed by atoms with Crippen molar-refractivity contribution in [3.05, 3.63) is 49.7 Å². The van der Waals surface area contributed by atoms with Gasteiger partial charge in [-0.2, -0.15) is 5.10 Å². The molecule has 0 N–H and O–H groups in total. The number of rotatable bonds is 2. The lowest BCUT2D eigenvalue weighted by atomic mass is 10.3. The van der Waals surface area contributed by atoms with Gasteiger partial charge in [0.15, 0.2) is 0 Å². The SMILES string of the molecule is O=c1c(Br)c(Br)cnn1Cc1ccoc1. The molecule has 0 saturated heterocycles. The summed E-state index contributed by atoms with van der Waals surface area (Å²) in [4.78, 5) is 11.7. The van der Waals surface area contributed by atoms with Gasteiger partial charge in [-0.05, 0) is 37.9 Å². The van der Waals surface area contributed by atoms with Crippen LogP contribution in [-0.2, 0) is 6.54 Å². The molecular formula is C9H6Br2N2O2. The highest BCUT2D eigenvalue weighted by atomic mass is 79.9. The Labute approximate surface area is 102 Å². The van der Waals surface area contributed by atoms with Gasteiger partial charge in [0.05, 0.1) is 29.7 Å². The Bertz CT molecular complexity index is 519. The van der Waals surface area contributed by atoms with Crippen molar-refractivity contribution in [2.24, 2.45) is 0 Å². The largest absolute Gasteiger partial charge is 0.472 e. The Morgan fingerprint density at radius 2 is 2.27 bits per heavy atom. The number of hydrogen-bond acceptors (Lipinski definition) is 3. The van der Waals surface area contributed by atoms with Crippen LogP contribution in [0.1, 0.15) is 5.56 Å². The fourth-order valence-electron chi connectivity index (χ4n) is 1.11. The second-order valence-corrected chi connectivity index (χ2v) is 4.55. The number of hydrogen-bond donors (Lipinski definition) is 0. The lowest BCUT2D eigenvalue weighted by molar-refractivity contribution is 0.556. The Kier molecular flexibility index (Phi) is 3.06. The van der Waals surface area contributed by atoms with E-state index < -0.39 is 0 Å². The molecule has 0 fully saturated rings. The van der Waals surface area contributed by atoms with Crippen LogP contribution in [0.5, 0.6) is 0 Å². The van der Waals surface area contributed by atoms with Crippen molar-refractivity contribution in [3.63, 3.8) is 0 Å². The molecule has 0 spiro atoms. The minimum Gasteiger partial charge on any atom is -0.472 e. The minimum absolute atomic E-state index is 0.175. The van der Waals surface area contributed by atoms with E-state index in [0.717, 1.165) is 5.56 Å². The first kappa shape index (κ1) is 10.6. The van der Waals surface area contributed by atoms with E-state index >= 15 is 0 Å². The second kappa shape index (κ2) is 4.32. The molecule has 0 aliphatic rings. The fourth-order valence-corrected chi connectivity index (χ4v) is 1.68. The van der Waals surface area contributed by atoms with Crippen molar-refractivity contribution in [2.75, 3.05) is 0 Å². The summed E-state index contributed by atoms with van der Waals surface area (Å²) in [5.41, 5.74) is 0.726. The molecule has 0 unspecified atom stereocenters. The summed E-state index contributed by atoms with van der Waals surface area (Å²) in [5.74, 6) is 0. The number of aromatic nitrogens is 2. The van der Waals surface area contributed by atoms with E-state index in [1.165, 1.54) is 4.68 Å². The van der Waals surface area contributed by atoms with Crippen LogP contribution >= 0.6 is 31.9 Å². The van der Waals surface area contributed by atoms with Gasteiger partial charge < -0.3 is 4.42 Å². The third-order valence-electron chi connectivity index (χ3n) is 1.85. The first-order valence-corrected chi connectivity index (χ1v) is 5.69. The average Bonchev–Trinajstić information content (AvgIpc) is 2.72. The lowest BCUT2D eigenvalue weighted by Gasteiger charge is -2.03. The van der Waals surface area contributed by atoms with Gasteiger partial charge in [-0.15, -0.1) is 0 Å². The maximum Gasteiger partial charge on any atom is 0.282 e. The van der Waals surface area contributed by atoms with Crippen molar-refractivity contribution >= 4 is 31.9 Å². The van der Waals surface area contributed by atoms with Crippen LogP contribution in [0.25, 0.3) is 0 Å². The highest BCUT2D eigenvalue weighted by Crippen LogP contribution is 2.16. The van der Waals surface area contributed by atoms with Gasteiger partial charge in [0, 0.05) is 5.56 Å². The third-order valence-corrected chi connectivity index (χ3v) is 3.75. The molecule has 0 radical (unpaired) electrons. The summed E-state index contributed by atoms with van der Waals surface area (Å²) in [7, 11) is 0. The molecule has 0 aliphatic heterocycles. The average molecular weight is 334 g/mol. The third kappa shape index (κ3) is 2.21. The Morgan fingerprint density at radius 1 is 1.47 bits per heavy atom. The zero-order valence-corrected chi connectivity index (χ0v) is 10.7. The van der Waals surface area contributed by atoms with E-state index in [1.807, 2.05) is 0 Å². The van der Waals surface area contributed by atoms with Gasteiger partial charge in [0.25, 0.3) is 5.56 Å².